The van der Waals surface area contributed by atoms with Gasteiger partial charge in [-0.25, -0.2) is 0 Å². The molecule has 76 valence electrons. The summed E-state index contributed by atoms with van der Waals surface area (Å²) in [5.41, 5.74) is 5.41. The lowest BCUT2D eigenvalue weighted by Crippen LogP contribution is -1.83. The number of nitrogens with zero attached hydrogens (tertiary/aromatic N) is 1. The van der Waals surface area contributed by atoms with E-state index in [1.54, 1.807) is 0 Å². The van der Waals surface area contributed by atoms with Crippen LogP contribution in [0.25, 0.3) is 11.1 Å². The van der Waals surface area contributed by atoms with Crippen molar-refractivity contribution in [1.29, 1.82) is 5.26 Å². The maximum absolute atomic E-state index is 9.11. The smallest absolute Gasteiger partial charge is 0.0998 e. The Morgan fingerprint density at radius 1 is 1.12 bits per heavy atom. The highest BCUT2D eigenvalue weighted by molar-refractivity contribution is 6.30. The summed E-state index contributed by atoms with van der Waals surface area (Å²) in [6.45, 7) is 0. The van der Waals surface area contributed by atoms with Crippen LogP contribution in [-0.4, -0.2) is 0 Å². The molecule has 0 amide bonds. The fourth-order valence-electron chi connectivity index (χ4n) is 2.32. The van der Waals surface area contributed by atoms with E-state index in [1.165, 1.54) is 11.1 Å². The minimum atomic E-state index is 0.749. The number of rotatable bonds is 0. The van der Waals surface area contributed by atoms with Crippen LogP contribution in [0.4, 0.5) is 0 Å². The molecular weight excluding hydrogens is 218 g/mol. The molecule has 1 nitrogen and oxygen atoms in total. The van der Waals surface area contributed by atoms with Crippen molar-refractivity contribution in [2.75, 3.05) is 0 Å². The second-order valence-electron chi connectivity index (χ2n) is 3.93. The average Bonchev–Trinajstić information content (AvgIpc) is 2.65. The van der Waals surface area contributed by atoms with E-state index in [0.717, 1.165) is 28.1 Å². The van der Waals surface area contributed by atoms with Gasteiger partial charge in [0.1, 0.15) is 0 Å². The maximum Gasteiger partial charge on any atom is 0.0998 e. The Kier molecular flexibility index (Phi) is 1.99. The molecule has 0 aliphatic heterocycles. The fourth-order valence-corrected chi connectivity index (χ4v) is 2.51. The minimum absolute atomic E-state index is 0.749. The van der Waals surface area contributed by atoms with E-state index in [0.29, 0.717) is 0 Å². The second kappa shape index (κ2) is 3.37. The third kappa shape index (κ3) is 1.24. The van der Waals surface area contributed by atoms with Crippen LogP contribution in [0.3, 0.4) is 0 Å². The molecule has 0 N–H and O–H groups in total. The zero-order valence-electron chi connectivity index (χ0n) is 8.50. The van der Waals surface area contributed by atoms with Gasteiger partial charge in [-0.05, 0) is 41.3 Å². The van der Waals surface area contributed by atoms with E-state index < -0.39 is 0 Å². The summed E-state index contributed by atoms with van der Waals surface area (Å²) in [4.78, 5) is 0. The quantitative estimate of drug-likeness (QED) is 0.571. The number of halogens is 1. The molecule has 2 aromatic carbocycles. The van der Waals surface area contributed by atoms with Crippen LogP contribution in [0, 0.1) is 11.3 Å². The molecule has 0 aromatic heterocycles. The van der Waals surface area contributed by atoms with Crippen molar-refractivity contribution in [2.45, 2.75) is 6.42 Å². The van der Waals surface area contributed by atoms with Crippen LogP contribution in [0.15, 0.2) is 36.4 Å². The van der Waals surface area contributed by atoms with Crippen LogP contribution in [-0.2, 0) is 6.42 Å². The Hall–Kier alpha value is -1.78. The van der Waals surface area contributed by atoms with Crippen molar-refractivity contribution in [2.24, 2.45) is 0 Å². The van der Waals surface area contributed by atoms with Crippen LogP contribution in [0.1, 0.15) is 16.7 Å². The zero-order valence-corrected chi connectivity index (χ0v) is 9.25. The number of hydrogen-bond donors (Lipinski definition) is 0. The van der Waals surface area contributed by atoms with Crippen molar-refractivity contribution in [3.8, 4) is 17.2 Å². The third-order valence-electron chi connectivity index (χ3n) is 2.99. The summed E-state index contributed by atoms with van der Waals surface area (Å²) in [7, 11) is 0. The molecule has 1 aliphatic carbocycles. The molecule has 16 heavy (non-hydrogen) atoms. The maximum atomic E-state index is 9.11. The summed E-state index contributed by atoms with van der Waals surface area (Å²) in [5.74, 6) is 0. The molecule has 0 radical (unpaired) electrons. The van der Waals surface area contributed by atoms with E-state index in [9.17, 15) is 0 Å². The first-order valence-corrected chi connectivity index (χ1v) is 5.48. The Morgan fingerprint density at radius 3 is 2.81 bits per heavy atom. The Bertz CT molecular complexity index is 623. The first-order chi connectivity index (χ1) is 7.79. The van der Waals surface area contributed by atoms with Crippen LogP contribution < -0.4 is 0 Å². The molecule has 2 aromatic rings. The van der Waals surface area contributed by atoms with Gasteiger partial charge in [-0.3, -0.25) is 0 Å². The second-order valence-corrected chi connectivity index (χ2v) is 4.37. The summed E-state index contributed by atoms with van der Waals surface area (Å²) in [6, 6.07) is 14.0. The van der Waals surface area contributed by atoms with Gasteiger partial charge in [0.05, 0.1) is 11.6 Å². The fraction of sp³-hybridized carbons (Fsp3) is 0.0714. The van der Waals surface area contributed by atoms with Gasteiger partial charge in [-0.2, -0.15) is 5.26 Å². The van der Waals surface area contributed by atoms with Crippen LogP contribution in [0.5, 0.6) is 0 Å². The van der Waals surface area contributed by atoms with E-state index in [1.807, 2.05) is 30.3 Å². The van der Waals surface area contributed by atoms with Gasteiger partial charge in [-0.1, -0.05) is 29.8 Å². The summed E-state index contributed by atoms with van der Waals surface area (Å²) >= 11 is 5.97. The predicted octanol–water partition coefficient (Wildman–Crippen LogP) is 3.78. The minimum Gasteiger partial charge on any atom is -0.192 e. The first-order valence-electron chi connectivity index (χ1n) is 5.10. The van der Waals surface area contributed by atoms with E-state index in [4.69, 9.17) is 16.9 Å². The van der Waals surface area contributed by atoms with Gasteiger partial charge in [0.15, 0.2) is 0 Å². The van der Waals surface area contributed by atoms with Crippen LogP contribution in [0.2, 0.25) is 5.02 Å². The summed E-state index contributed by atoms with van der Waals surface area (Å²) in [6.07, 6.45) is 0.876. The van der Waals surface area contributed by atoms with E-state index in [-0.39, 0.29) is 0 Å². The van der Waals surface area contributed by atoms with Gasteiger partial charge in [0.2, 0.25) is 0 Å². The molecule has 0 atom stereocenters. The highest BCUT2D eigenvalue weighted by atomic mass is 35.5. The number of nitriles is 1. The molecule has 0 saturated carbocycles. The Labute approximate surface area is 98.9 Å². The third-order valence-corrected chi connectivity index (χ3v) is 3.22. The predicted molar refractivity (Wildman–Crippen MR) is 64.4 cm³/mol. The molecular formula is C14H8ClN. The molecule has 0 bridgehead atoms. The van der Waals surface area contributed by atoms with Crippen molar-refractivity contribution in [3.63, 3.8) is 0 Å². The Morgan fingerprint density at radius 2 is 2.00 bits per heavy atom. The molecule has 0 heterocycles. The normalized spacial score (nSPS) is 11.8. The lowest BCUT2D eigenvalue weighted by Gasteiger charge is -2.02. The van der Waals surface area contributed by atoms with Gasteiger partial charge in [0, 0.05) is 10.6 Å². The SMILES string of the molecule is N#Cc1cccc2c1-c1ccc(Cl)cc1C2. The molecule has 0 saturated heterocycles. The monoisotopic (exact) mass is 225 g/mol. The largest absolute Gasteiger partial charge is 0.192 e. The van der Waals surface area contributed by atoms with Crippen molar-refractivity contribution in [3.05, 3.63) is 58.1 Å². The number of hydrogen-bond acceptors (Lipinski definition) is 1. The standard InChI is InChI=1S/C14H8ClN/c15-12-4-5-13-11(7-12)6-9-2-1-3-10(8-16)14(9)13/h1-5,7H,6H2. The number of fused-ring (bicyclic) bond motifs is 3. The van der Waals surface area contributed by atoms with E-state index in [2.05, 4.69) is 12.1 Å². The Balaban J connectivity index is 2.32. The molecule has 0 fully saturated rings. The van der Waals surface area contributed by atoms with E-state index >= 15 is 0 Å². The van der Waals surface area contributed by atoms with Crippen molar-refractivity contribution >= 4 is 11.6 Å². The van der Waals surface area contributed by atoms with Gasteiger partial charge < -0.3 is 0 Å². The molecule has 3 rings (SSSR count). The highest BCUT2D eigenvalue weighted by Crippen LogP contribution is 2.39. The molecule has 1 aliphatic rings. The lowest BCUT2D eigenvalue weighted by atomic mass is 10.0. The molecule has 2 heteroatoms. The summed E-state index contributed by atoms with van der Waals surface area (Å²) < 4.78 is 0. The summed E-state index contributed by atoms with van der Waals surface area (Å²) in [5, 5.41) is 9.86. The van der Waals surface area contributed by atoms with Crippen molar-refractivity contribution in [1.82, 2.24) is 0 Å². The average molecular weight is 226 g/mol. The zero-order chi connectivity index (χ0) is 11.1. The molecule has 0 unspecified atom stereocenters. The van der Waals surface area contributed by atoms with Gasteiger partial charge in [-0.15, -0.1) is 0 Å². The number of benzene rings is 2. The topological polar surface area (TPSA) is 23.8 Å². The first kappa shape index (κ1) is 9.45. The van der Waals surface area contributed by atoms with Gasteiger partial charge >= 0.3 is 0 Å². The van der Waals surface area contributed by atoms with Crippen molar-refractivity contribution < 1.29 is 0 Å². The van der Waals surface area contributed by atoms with Crippen LogP contribution >= 0.6 is 11.6 Å². The van der Waals surface area contributed by atoms with Gasteiger partial charge in [0.25, 0.3) is 0 Å². The lowest BCUT2D eigenvalue weighted by molar-refractivity contribution is 1.26. The molecule has 0 spiro atoms. The highest BCUT2D eigenvalue weighted by Gasteiger charge is 2.20.